The summed E-state index contributed by atoms with van der Waals surface area (Å²) in [4.78, 5) is 14.5. The van der Waals surface area contributed by atoms with E-state index in [0.717, 1.165) is 18.9 Å². The molecule has 0 aromatic carbocycles. The van der Waals surface area contributed by atoms with E-state index in [-0.39, 0.29) is 10.6 Å². The third kappa shape index (κ3) is 3.41. The van der Waals surface area contributed by atoms with Gasteiger partial charge in [0.2, 0.25) is 0 Å². The minimum Gasteiger partial charge on any atom is -0.370 e. The number of anilines is 1. The van der Waals surface area contributed by atoms with Crippen LogP contribution >= 0.6 is 0 Å². The highest BCUT2D eigenvalue weighted by molar-refractivity contribution is 5.48. The SMILES string of the molecule is Cc1cnc(NCCCC2CC2)cc1[N+](=O)[O-]. The normalized spacial score (nSPS) is 14.6. The van der Waals surface area contributed by atoms with E-state index < -0.39 is 0 Å². The van der Waals surface area contributed by atoms with E-state index in [1.165, 1.54) is 25.3 Å². The van der Waals surface area contributed by atoms with E-state index in [9.17, 15) is 10.1 Å². The van der Waals surface area contributed by atoms with Gasteiger partial charge in [0.25, 0.3) is 5.69 Å². The average Bonchev–Trinajstić information content (AvgIpc) is 3.10. The molecule has 1 heterocycles. The van der Waals surface area contributed by atoms with Crippen LogP contribution in [0.1, 0.15) is 31.2 Å². The lowest BCUT2D eigenvalue weighted by Gasteiger charge is -2.05. The van der Waals surface area contributed by atoms with Gasteiger partial charge in [0.15, 0.2) is 0 Å². The highest BCUT2D eigenvalue weighted by Gasteiger charge is 2.20. The van der Waals surface area contributed by atoms with Crippen LogP contribution in [0.5, 0.6) is 0 Å². The zero-order chi connectivity index (χ0) is 12.3. The van der Waals surface area contributed by atoms with Gasteiger partial charge in [0.1, 0.15) is 5.82 Å². The lowest BCUT2D eigenvalue weighted by atomic mass is 10.2. The molecular formula is C12H17N3O2. The quantitative estimate of drug-likeness (QED) is 0.467. The smallest absolute Gasteiger partial charge is 0.277 e. The first-order chi connectivity index (χ1) is 8.16. The fraction of sp³-hybridized carbons (Fsp3) is 0.583. The van der Waals surface area contributed by atoms with Crippen LogP contribution in [-0.4, -0.2) is 16.5 Å². The molecule has 0 unspecified atom stereocenters. The fourth-order valence-corrected chi connectivity index (χ4v) is 1.82. The van der Waals surface area contributed by atoms with Crippen molar-refractivity contribution < 1.29 is 4.92 Å². The zero-order valence-electron chi connectivity index (χ0n) is 9.98. The Hall–Kier alpha value is -1.65. The Bertz CT molecular complexity index is 416. The van der Waals surface area contributed by atoms with Gasteiger partial charge in [-0.2, -0.15) is 0 Å². The van der Waals surface area contributed by atoms with E-state index in [4.69, 9.17) is 0 Å². The summed E-state index contributed by atoms with van der Waals surface area (Å²) in [5.41, 5.74) is 0.725. The molecule has 92 valence electrons. The molecule has 17 heavy (non-hydrogen) atoms. The van der Waals surface area contributed by atoms with Crippen molar-refractivity contribution in [3.63, 3.8) is 0 Å². The van der Waals surface area contributed by atoms with Crippen LogP contribution in [0.2, 0.25) is 0 Å². The van der Waals surface area contributed by atoms with Crippen LogP contribution < -0.4 is 5.32 Å². The van der Waals surface area contributed by atoms with E-state index in [2.05, 4.69) is 10.3 Å². The van der Waals surface area contributed by atoms with E-state index in [1.54, 1.807) is 13.1 Å². The maximum Gasteiger partial charge on any atom is 0.277 e. The molecular weight excluding hydrogens is 218 g/mol. The van der Waals surface area contributed by atoms with Crippen LogP contribution in [0.15, 0.2) is 12.3 Å². The number of pyridine rings is 1. The van der Waals surface area contributed by atoms with Crippen molar-refractivity contribution in [2.75, 3.05) is 11.9 Å². The van der Waals surface area contributed by atoms with Crippen LogP contribution in [0, 0.1) is 23.0 Å². The highest BCUT2D eigenvalue weighted by Crippen LogP contribution is 2.33. The first-order valence-corrected chi connectivity index (χ1v) is 6.01. The van der Waals surface area contributed by atoms with Crippen molar-refractivity contribution in [1.29, 1.82) is 0 Å². The summed E-state index contributed by atoms with van der Waals surface area (Å²) < 4.78 is 0. The molecule has 1 fully saturated rings. The van der Waals surface area contributed by atoms with Crippen molar-refractivity contribution in [2.24, 2.45) is 5.92 Å². The average molecular weight is 235 g/mol. The summed E-state index contributed by atoms with van der Waals surface area (Å²) >= 11 is 0. The molecule has 5 nitrogen and oxygen atoms in total. The van der Waals surface area contributed by atoms with Gasteiger partial charge in [-0.05, 0) is 25.7 Å². The Morgan fingerprint density at radius 1 is 1.59 bits per heavy atom. The Kier molecular flexibility index (Phi) is 3.56. The zero-order valence-corrected chi connectivity index (χ0v) is 9.98. The predicted octanol–water partition coefficient (Wildman–Crippen LogP) is 2.90. The summed E-state index contributed by atoms with van der Waals surface area (Å²) in [7, 11) is 0. The molecule has 0 bridgehead atoms. The second-order valence-electron chi connectivity index (χ2n) is 4.63. The minimum absolute atomic E-state index is 0.129. The van der Waals surface area contributed by atoms with Gasteiger partial charge in [0.05, 0.1) is 11.0 Å². The predicted molar refractivity (Wildman–Crippen MR) is 66.1 cm³/mol. The number of nitrogens with one attached hydrogen (secondary N) is 1. The molecule has 1 aromatic rings. The van der Waals surface area contributed by atoms with Gasteiger partial charge in [-0.15, -0.1) is 0 Å². The lowest BCUT2D eigenvalue weighted by Crippen LogP contribution is -2.04. The standard InChI is InChI=1S/C12H17N3O2/c1-9-8-14-12(7-11(9)15(16)17)13-6-2-3-10-4-5-10/h7-8,10H,2-6H2,1H3,(H,13,14). The number of hydrogen-bond donors (Lipinski definition) is 1. The fourth-order valence-electron chi connectivity index (χ4n) is 1.82. The maximum absolute atomic E-state index is 10.8. The van der Waals surface area contributed by atoms with Gasteiger partial charge in [-0.1, -0.05) is 12.8 Å². The molecule has 1 aromatic heterocycles. The molecule has 1 N–H and O–H groups in total. The first kappa shape index (κ1) is 11.8. The topological polar surface area (TPSA) is 68.1 Å². The summed E-state index contributed by atoms with van der Waals surface area (Å²) in [5.74, 6) is 1.52. The van der Waals surface area contributed by atoms with Crippen LogP contribution in [-0.2, 0) is 0 Å². The van der Waals surface area contributed by atoms with Crippen LogP contribution in [0.4, 0.5) is 11.5 Å². The molecule has 0 spiro atoms. The third-order valence-electron chi connectivity index (χ3n) is 3.06. The number of nitrogens with zero attached hydrogens (tertiary/aromatic N) is 2. The second-order valence-corrected chi connectivity index (χ2v) is 4.63. The summed E-state index contributed by atoms with van der Waals surface area (Å²) in [6, 6.07) is 1.51. The first-order valence-electron chi connectivity index (χ1n) is 6.01. The van der Waals surface area contributed by atoms with Crippen molar-refractivity contribution in [3.05, 3.63) is 27.9 Å². The molecule has 1 aliphatic rings. The second kappa shape index (κ2) is 5.12. The van der Waals surface area contributed by atoms with E-state index >= 15 is 0 Å². The van der Waals surface area contributed by atoms with Gasteiger partial charge in [0, 0.05) is 18.3 Å². The largest absolute Gasteiger partial charge is 0.370 e. The molecule has 0 saturated heterocycles. The minimum atomic E-state index is -0.369. The van der Waals surface area contributed by atoms with Crippen molar-refractivity contribution in [1.82, 2.24) is 4.98 Å². The highest BCUT2D eigenvalue weighted by atomic mass is 16.6. The van der Waals surface area contributed by atoms with Crippen LogP contribution in [0.25, 0.3) is 0 Å². The van der Waals surface area contributed by atoms with Gasteiger partial charge in [-0.3, -0.25) is 10.1 Å². The van der Waals surface area contributed by atoms with Crippen molar-refractivity contribution in [3.8, 4) is 0 Å². The molecule has 2 rings (SSSR count). The number of aryl methyl sites for hydroxylation is 1. The van der Waals surface area contributed by atoms with E-state index in [1.807, 2.05) is 0 Å². The molecule has 1 aliphatic carbocycles. The Morgan fingerprint density at radius 3 is 3.00 bits per heavy atom. The van der Waals surface area contributed by atoms with Crippen LogP contribution in [0.3, 0.4) is 0 Å². The Labute approximate surface area is 100 Å². The molecule has 0 aliphatic heterocycles. The number of nitro groups is 1. The third-order valence-corrected chi connectivity index (χ3v) is 3.06. The van der Waals surface area contributed by atoms with Crippen molar-refractivity contribution >= 4 is 11.5 Å². The monoisotopic (exact) mass is 235 g/mol. The lowest BCUT2D eigenvalue weighted by molar-refractivity contribution is -0.385. The Morgan fingerprint density at radius 2 is 2.35 bits per heavy atom. The summed E-state index contributed by atoms with van der Waals surface area (Å²) in [5, 5.41) is 13.9. The maximum atomic E-state index is 10.8. The van der Waals surface area contributed by atoms with Crippen molar-refractivity contribution in [2.45, 2.75) is 32.6 Å². The molecule has 1 saturated carbocycles. The molecule has 5 heteroatoms. The molecule has 0 atom stereocenters. The summed E-state index contributed by atoms with van der Waals surface area (Å²) in [6.07, 6.45) is 6.64. The number of aromatic nitrogens is 1. The molecule has 0 radical (unpaired) electrons. The molecule has 0 amide bonds. The van der Waals surface area contributed by atoms with Gasteiger partial charge < -0.3 is 5.32 Å². The van der Waals surface area contributed by atoms with E-state index in [0.29, 0.717) is 11.4 Å². The number of rotatable bonds is 6. The number of hydrogen-bond acceptors (Lipinski definition) is 4. The van der Waals surface area contributed by atoms with Gasteiger partial charge >= 0.3 is 0 Å². The summed E-state index contributed by atoms with van der Waals surface area (Å²) in [6.45, 7) is 2.53. The Balaban J connectivity index is 1.86. The van der Waals surface area contributed by atoms with Gasteiger partial charge in [-0.25, -0.2) is 4.98 Å².